The minimum absolute atomic E-state index is 0.0625. The first-order valence-corrected chi connectivity index (χ1v) is 12.4. The second kappa shape index (κ2) is 12.8. The molecule has 15 heteroatoms. The SMILES string of the molecule is O=C(CNC(O)c1cc(O)cc(NC2=NCC(O)CN2)c1)NC[C@H](NC(O)C1=Nc2ccccc2C1O)C(=O)O. The normalized spacial score (nSPS) is 20.3. The van der Waals surface area contributed by atoms with Crippen LogP contribution in [0.15, 0.2) is 52.4 Å². The number of nitrogens with zero attached hydrogens (tertiary/aromatic N) is 2. The third kappa shape index (κ3) is 7.29. The summed E-state index contributed by atoms with van der Waals surface area (Å²) < 4.78 is 0. The smallest absolute Gasteiger partial charge is 0.322 e. The number of rotatable bonds is 11. The molecule has 11 N–H and O–H groups in total. The number of β-amino-alcohol motifs (C(OH)–C–C–N with tert-alkyl or cyclic N) is 1. The van der Waals surface area contributed by atoms with Gasteiger partial charge in [-0.1, -0.05) is 18.2 Å². The number of hydrogen-bond acceptors (Lipinski definition) is 13. The second-order valence-corrected chi connectivity index (χ2v) is 9.21. The molecule has 4 rings (SSSR count). The number of carboxylic acid groups (broad SMARTS) is 1. The molecule has 0 aromatic heterocycles. The monoisotopic (exact) mass is 557 g/mol. The van der Waals surface area contributed by atoms with Crippen molar-refractivity contribution in [2.45, 2.75) is 30.7 Å². The van der Waals surface area contributed by atoms with Gasteiger partial charge >= 0.3 is 5.97 Å². The molecule has 4 unspecified atom stereocenters. The summed E-state index contributed by atoms with van der Waals surface area (Å²) in [5, 5.41) is 73.7. The van der Waals surface area contributed by atoms with Crippen LogP contribution in [-0.2, 0) is 9.59 Å². The number of aliphatic imine (C=N–C) groups is 2. The van der Waals surface area contributed by atoms with Gasteiger partial charge in [-0.3, -0.25) is 30.2 Å². The molecule has 2 aliphatic rings. The summed E-state index contributed by atoms with van der Waals surface area (Å²) in [5.74, 6) is -1.78. The lowest BCUT2D eigenvalue weighted by Crippen LogP contribution is -2.53. The standard InChI is InChI=1S/C25H31N7O8/c33-14-6-12(5-13(7-14)30-25-28-8-15(34)9-29-25)22(37)27-11-19(35)26-10-18(24(39)40)32-23(38)20-21(36)16-3-1-2-4-17(16)31-20/h1-7,15,18,21-23,27,32-34,36-38H,8-11H2,(H,26,35)(H,39,40)(H2,28,29,30)/t18-,21?,22?,23?/m0/s1. The quantitative estimate of drug-likeness (QED) is 0.135. The molecule has 0 bridgehead atoms. The number of benzene rings is 2. The molecule has 2 aromatic rings. The number of aliphatic hydroxyl groups excluding tert-OH is 4. The maximum Gasteiger partial charge on any atom is 0.322 e. The summed E-state index contributed by atoms with van der Waals surface area (Å²) in [7, 11) is 0. The Hall–Kier alpha value is -4.12. The van der Waals surface area contributed by atoms with Crippen LogP contribution in [0.25, 0.3) is 0 Å². The highest BCUT2D eigenvalue weighted by molar-refractivity contribution is 5.99. The number of anilines is 1. The van der Waals surface area contributed by atoms with Gasteiger partial charge < -0.3 is 46.6 Å². The number of aromatic hydroxyl groups is 1. The van der Waals surface area contributed by atoms with Crippen molar-refractivity contribution < 1.29 is 40.2 Å². The van der Waals surface area contributed by atoms with Crippen molar-refractivity contribution in [2.24, 2.45) is 9.98 Å². The van der Waals surface area contributed by atoms with Gasteiger partial charge in [-0.15, -0.1) is 0 Å². The lowest BCUT2D eigenvalue weighted by Gasteiger charge is -2.22. The van der Waals surface area contributed by atoms with E-state index < -0.39 is 55.7 Å². The van der Waals surface area contributed by atoms with E-state index in [-0.39, 0.29) is 23.6 Å². The fraction of sp³-hybridized carbons (Fsp3) is 0.360. The average molecular weight is 558 g/mol. The minimum atomic E-state index is -1.59. The van der Waals surface area contributed by atoms with Gasteiger partial charge in [-0.25, -0.2) is 0 Å². The summed E-state index contributed by atoms with van der Waals surface area (Å²) in [4.78, 5) is 32.3. The van der Waals surface area contributed by atoms with Crippen LogP contribution in [0, 0.1) is 0 Å². The number of fused-ring (bicyclic) bond motifs is 1. The van der Waals surface area contributed by atoms with Crippen LogP contribution in [0.4, 0.5) is 11.4 Å². The zero-order valence-electron chi connectivity index (χ0n) is 21.2. The van der Waals surface area contributed by atoms with Crippen molar-refractivity contribution in [3.8, 4) is 5.75 Å². The molecule has 40 heavy (non-hydrogen) atoms. The number of para-hydroxylation sites is 1. The number of amides is 1. The van der Waals surface area contributed by atoms with E-state index in [9.17, 15) is 40.2 Å². The van der Waals surface area contributed by atoms with Gasteiger partial charge in [-0.2, -0.15) is 0 Å². The minimum Gasteiger partial charge on any atom is -0.508 e. The van der Waals surface area contributed by atoms with Crippen molar-refractivity contribution in [1.29, 1.82) is 0 Å². The van der Waals surface area contributed by atoms with E-state index in [0.717, 1.165) is 0 Å². The van der Waals surface area contributed by atoms with Crippen LogP contribution in [0.3, 0.4) is 0 Å². The van der Waals surface area contributed by atoms with Crippen LogP contribution < -0.4 is 26.6 Å². The fourth-order valence-corrected chi connectivity index (χ4v) is 4.09. The maximum atomic E-state index is 12.3. The zero-order valence-corrected chi connectivity index (χ0v) is 21.2. The van der Waals surface area contributed by atoms with Crippen molar-refractivity contribution in [3.63, 3.8) is 0 Å². The van der Waals surface area contributed by atoms with Crippen LogP contribution in [-0.4, -0.2) is 98.7 Å². The predicted octanol–water partition coefficient (Wildman–Crippen LogP) is -2.00. The molecule has 0 spiro atoms. The summed E-state index contributed by atoms with van der Waals surface area (Å²) in [6.07, 6.45) is -4.75. The Labute approximate surface area is 228 Å². The average Bonchev–Trinajstić information content (AvgIpc) is 3.27. The molecule has 0 saturated carbocycles. The number of guanidine groups is 1. The van der Waals surface area contributed by atoms with Crippen molar-refractivity contribution in [1.82, 2.24) is 21.3 Å². The number of hydrogen-bond donors (Lipinski definition) is 11. The Morgan fingerprint density at radius 2 is 1.88 bits per heavy atom. The third-order valence-electron chi connectivity index (χ3n) is 6.14. The number of carbonyl (C=O) groups excluding carboxylic acids is 1. The second-order valence-electron chi connectivity index (χ2n) is 9.21. The predicted molar refractivity (Wildman–Crippen MR) is 143 cm³/mol. The van der Waals surface area contributed by atoms with Gasteiger partial charge in [0.25, 0.3) is 0 Å². The Balaban J connectivity index is 1.27. The van der Waals surface area contributed by atoms with E-state index in [1.807, 2.05) is 0 Å². The zero-order chi connectivity index (χ0) is 28.8. The highest BCUT2D eigenvalue weighted by atomic mass is 16.4. The van der Waals surface area contributed by atoms with Crippen LogP contribution in [0.2, 0.25) is 0 Å². The molecule has 2 aliphatic heterocycles. The molecule has 214 valence electrons. The first-order chi connectivity index (χ1) is 19.1. The molecular formula is C25H31N7O8. The third-order valence-corrected chi connectivity index (χ3v) is 6.14. The number of aliphatic hydroxyl groups is 4. The van der Waals surface area contributed by atoms with Gasteiger partial charge in [0.2, 0.25) is 5.91 Å². The molecule has 15 nitrogen and oxygen atoms in total. The molecular weight excluding hydrogens is 526 g/mol. The molecule has 2 aromatic carbocycles. The lowest BCUT2D eigenvalue weighted by molar-refractivity contribution is -0.140. The Morgan fingerprint density at radius 3 is 2.58 bits per heavy atom. The van der Waals surface area contributed by atoms with Crippen molar-refractivity contribution >= 4 is 34.9 Å². The molecule has 0 aliphatic carbocycles. The molecule has 2 heterocycles. The largest absolute Gasteiger partial charge is 0.508 e. The van der Waals surface area contributed by atoms with Gasteiger partial charge in [0.1, 0.15) is 30.4 Å². The number of phenols is 1. The maximum absolute atomic E-state index is 12.3. The van der Waals surface area contributed by atoms with E-state index in [4.69, 9.17) is 0 Å². The molecule has 1 amide bonds. The highest BCUT2D eigenvalue weighted by Gasteiger charge is 2.32. The number of phenolic OH excluding ortho intramolecular Hbond substituents is 1. The van der Waals surface area contributed by atoms with Gasteiger partial charge in [0.15, 0.2) is 5.96 Å². The number of carbonyl (C=O) groups is 2. The molecule has 0 radical (unpaired) electrons. The Kier molecular flexibility index (Phi) is 9.26. The Bertz CT molecular complexity index is 1300. The van der Waals surface area contributed by atoms with E-state index >= 15 is 0 Å². The molecule has 5 atom stereocenters. The Morgan fingerprint density at radius 1 is 1.10 bits per heavy atom. The van der Waals surface area contributed by atoms with E-state index in [2.05, 4.69) is 36.6 Å². The summed E-state index contributed by atoms with van der Waals surface area (Å²) in [6, 6.07) is 9.51. The summed E-state index contributed by atoms with van der Waals surface area (Å²) in [6.45, 7) is -0.299. The number of carboxylic acids is 1. The number of nitrogens with one attached hydrogen (secondary N) is 5. The van der Waals surface area contributed by atoms with Crippen molar-refractivity contribution in [2.75, 3.05) is 31.5 Å². The van der Waals surface area contributed by atoms with Crippen molar-refractivity contribution in [3.05, 3.63) is 53.6 Å². The van der Waals surface area contributed by atoms with E-state index in [0.29, 0.717) is 29.4 Å². The lowest BCUT2D eigenvalue weighted by atomic mass is 10.1. The summed E-state index contributed by atoms with van der Waals surface area (Å²) in [5.41, 5.74) is 1.52. The first kappa shape index (κ1) is 28.9. The number of aliphatic carboxylic acids is 1. The fourth-order valence-electron chi connectivity index (χ4n) is 4.09. The first-order valence-electron chi connectivity index (χ1n) is 12.4. The van der Waals surface area contributed by atoms with Gasteiger partial charge in [-0.05, 0) is 18.2 Å². The van der Waals surface area contributed by atoms with E-state index in [1.165, 1.54) is 18.2 Å². The van der Waals surface area contributed by atoms with Crippen LogP contribution >= 0.6 is 0 Å². The van der Waals surface area contributed by atoms with Gasteiger partial charge in [0, 0.05) is 36.0 Å². The molecule has 0 fully saturated rings. The molecule has 0 saturated heterocycles. The van der Waals surface area contributed by atoms with E-state index in [1.54, 1.807) is 24.3 Å². The van der Waals surface area contributed by atoms with Gasteiger partial charge in [0.05, 0.1) is 30.6 Å². The van der Waals surface area contributed by atoms with Crippen LogP contribution in [0.1, 0.15) is 23.5 Å². The van der Waals surface area contributed by atoms with Crippen LogP contribution in [0.5, 0.6) is 5.75 Å². The highest BCUT2D eigenvalue weighted by Crippen LogP contribution is 2.34. The summed E-state index contributed by atoms with van der Waals surface area (Å²) >= 11 is 0. The topological polar surface area (TPSA) is 240 Å².